The number of hydrogen-bond acceptors (Lipinski definition) is 1. The van der Waals surface area contributed by atoms with Crippen molar-refractivity contribution in [3.8, 4) is 0 Å². The summed E-state index contributed by atoms with van der Waals surface area (Å²) in [6.45, 7) is 1.96. The lowest BCUT2D eigenvalue weighted by atomic mass is 10.1. The number of hydrogen-bond donors (Lipinski definition) is 0. The number of halogens is 3. The average Bonchev–Trinajstić information content (AvgIpc) is 2.64. The monoisotopic (exact) mass is 258 g/mol. The Morgan fingerprint density at radius 1 is 1.19 bits per heavy atom. The fraction of sp³-hybridized carbons (Fsp3) is 0.167. The molecule has 0 spiro atoms. The van der Waals surface area contributed by atoms with Crippen LogP contribution in [0.25, 0.3) is 0 Å². The van der Waals surface area contributed by atoms with Crippen LogP contribution in [0.3, 0.4) is 0 Å². The highest BCUT2D eigenvalue weighted by Crippen LogP contribution is 2.34. The Balaban J connectivity index is 2.37. The molecule has 4 heteroatoms. The van der Waals surface area contributed by atoms with Crippen LogP contribution in [-0.2, 0) is 0 Å². The summed E-state index contributed by atoms with van der Waals surface area (Å²) in [6, 6.07) is 7.24. The van der Waals surface area contributed by atoms with E-state index in [0.717, 1.165) is 15.8 Å². The zero-order chi connectivity index (χ0) is 11.7. The maximum atomic E-state index is 13.5. The third-order valence-corrected chi connectivity index (χ3v) is 3.91. The third-order valence-electron chi connectivity index (χ3n) is 2.25. The van der Waals surface area contributed by atoms with Gasteiger partial charge in [0.25, 0.3) is 0 Å². The maximum absolute atomic E-state index is 13.5. The first kappa shape index (κ1) is 11.6. The predicted molar refractivity (Wildman–Crippen MR) is 63.1 cm³/mol. The van der Waals surface area contributed by atoms with Crippen molar-refractivity contribution in [1.82, 2.24) is 0 Å². The van der Waals surface area contributed by atoms with Crippen LogP contribution in [0.5, 0.6) is 0 Å². The van der Waals surface area contributed by atoms with Gasteiger partial charge in [0.15, 0.2) is 0 Å². The van der Waals surface area contributed by atoms with Gasteiger partial charge in [0, 0.05) is 21.4 Å². The van der Waals surface area contributed by atoms with Crippen LogP contribution in [0.15, 0.2) is 30.3 Å². The lowest BCUT2D eigenvalue weighted by molar-refractivity contribution is 0.574. The SMILES string of the molecule is Cc1ccc(C(Cl)c2ccc(F)cc2F)s1. The minimum Gasteiger partial charge on any atom is -0.207 e. The molecule has 2 aromatic rings. The molecule has 1 heterocycles. The average molecular weight is 259 g/mol. The Bertz CT molecular complexity index is 507. The van der Waals surface area contributed by atoms with Crippen LogP contribution in [0.1, 0.15) is 20.7 Å². The highest BCUT2D eigenvalue weighted by Gasteiger charge is 2.17. The molecule has 0 aliphatic carbocycles. The standard InChI is InChI=1S/C12H9ClF2S/c1-7-2-5-11(16-7)12(13)9-4-3-8(14)6-10(9)15/h2-6,12H,1H3. The van der Waals surface area contributed by atoms with E-state index >= 15 is 0 Å². The van der Waals surface area contributed by atoms with Crippen molar-refractivity contribution in [2.75, 3.05) is 0 Å². The van der Waals surface area contributed by atoms with Crippen molar-refractivity contribution in [3.63, 3.8) is 0 Å². The van der Waals surface area contributed by atoms with Gasteiger partial charge in [-0.15, -0.1) is 22.9 Å². The Hall–Kier alpha value is -0.930. The zero-order valence-electron chi connectivity index (χ0n) is 8.51. The van der Waals surface area contributed by atoms with E-state index in [0.29, 0.717) is 5.56 Å². The van der Waals surface area contributed by atoms with E-state index in [4.69, 9.17) is 11.6 Å². The Morgan fingerprint density at radius 3 is 2.50 bits per heavy atom. The molecule has 0 bridgehead atoms. The van der Waals surface area contributed by atoms with Crippen LogP contribution < -0.4 is 0 Å². The number of aryl methyl sites for hydroxylation is 1. The highest BCUT2D eigenvalue weighted by molar-refractivity contribution is 7.12. The molecule has 0 saturated heterocycles. The third kappa shape index (κ3) is 2.25. The summed E-state index contributed by atoms with van der Waals surface area (Å²) in [5.74, 6) is -1.20. The van der Waals surface area contributed by atoms with Crippen molar-refractivity contribution >= 4 is 22.9 Å². The molecule has 0 N–H and O–H groups in total. The second kappa shape index (κ2) is 4.52. The Labute approximate surface area is 101 Å². The minimum atomic E-state index is -0.606. The molecule has 0 nitrogen and oxygen atoms in total. The van der Waals surface area contributed by atoms with Crippen molar-refractivity contribution in [1.29, 1.82) is 0 Å². The van der Waals surface area contributed by atoms with Gasteiger partial charge in [-0.2, -0.15) is 0 Å². The van der Waals surface area contributed by atoms with E-state index in [1.807, 2.05) is 19.1 Å². The minimum absolute atomic E-state index is 0.310. The van der Waals surface area contributed by atoms with Gasteiger partial charge in [0.1, 0.15) is 11.6 Å². The Kier molecular flexibility index (Phi) is 3.26. The van der Waals surface area contributed by atoms with Gasteiger partial charge in [-0.05, 0) is 25.1 Å². The molecular weight excluding hydrogens is 250 g/mol. The van der Waals surface area contributed by atoms with Gasteiger partial charge >= 0.3 is 0 Å². The fourth-order valence-electron chi connectivity index (χ4n) is 1.45. The summed E-state index contributed by atoms with van der Waals surface area (Å²) in [4.78, 5) is 1.98. The first-order chi connectivity index (χ1) is 7.58. The fourth-order valence-corrected chi connectivity index (χ4v) is 2.71. The van der Waals surface area contributed by atoms with Crippen LogP contribution >= 0.6 is 22.9 Å². The quantitative estimate of drug-likeness (QED) is 0.687. The van der Waals surface area contributed by atoms with Gasteiger partial charge in [0.2, 0.25) is 0 Å². The van der Waals surface area contributed by atoms with E-state index in [1.165, 1.54) is 23.5 Å². The van der Waals surface area contributed by atoms with Gasteiger partial charge < -0.3 is 0 Å². The molecule has 1 aromatic heterocycles. The largest absolute Gasteiger partial charge is 0.207 e. The summed E-state index contributed by atoms with van der Waals surface area (Å²) < 4.78 is 26.2. The first-order valence-corrected chi connectivity index (χ1v) is 5.98. The lowest BCUT2D eigenvalue weighted by Crippen LogP contribution is -1.95. The van der Waals surface area contributed by atoms with Crippen LogP contribution in [0.2, 0.25) is 0 Å². The summed E-state index contributed by atoms with van der Waals surface area (Å²) in [5, 5.41) is -0.556. The van der Waals surface area contributed by atoms with Gasteiger partial charge in [0.05, 0.1) is 5.38 Å². The molecule has 2 rings (SSSR count). The second-order valence-electron chi connectivity index (χ2n) is 3.48. The molecule has 0 aliphatic heterocycles. The normalized spacial score (nSPS) is 12.8. The zero-order valence-corrected chi connectivity index (χ0v) is 10.1. The van der Waals surface area contributed by atoms with Crippen molar-refractivity contribution < 1.29 is 8.78 Å². The Morgan fingerprint density at radius 2 is 1.94 bits per heavy atom. The van der Waals surface area contributed by atoms with Crippen LogP contribution in [0, 0.1) is 18.6 Å². The molecule has 84 valence electrons. The summed E-state index contributed by atoms with van der Waals surface area (Å²) in [6.07, 6.45) is 0. The maximum Gasteiger partial charge on any atom is 0.131 e. The molecule has 0 fully saturated rings. The van der Waals surface area contributed by atoms with Crippen molar-refractivity contribution in [3.05, 3.63) is 57.3 Å². The van der Waals surface area contributed by atoms with Gasteiger partial charge in [-0.25, -0.2) is 8.78 Å². The van der Waals surface area contributed by atoms with E-state index in [-0.39, 0.29) is 0 Å². The van der Waals surface area contributed by atoms with Crippen LogP contribution in [-0.4, -0.2) is 0 Å². The molecule has 16 heavy (non-hydrogen) atoms. The number of rotatable bonds is 2. The number of benzene rings is 1. The van der Waals surface area contributed by atoms with E-state index in [9.17, 15) is 8.78 Å². The predicted octanol–water partition coefficient (Wildman–Crippen LogP) is 4.66. The van der Waals surface area contributed by atoms with Crippen molar-refractivity contribution in [2.45, 2.75) is 12.3 Å². The first-order valence-electron chi connectivity index (χ1n) is 4.73. The summed E-state index contributed by atoms with van der Waals surface area (Å²) in [5.41, 5.74) is 0.310. The molecule has 0 radical (unpaired) electrons. The van der Waals surface area contributed by atoms with E-state index < -0.39 is 17.0 Å². The smallest absolute Gasteiger partial charge is 0.131 e. The second-order valence-corrected chi connectivity index (χ2v) is 5.23. The topological polar surface area (TPSA) is 0 Å². The number of alkyl halides is 1. The van der Waals surface area contributed by atoms with Gasteiger partial charge in [-0.3, -0.25) is 0 Å². The molecule has 0 aliphatic rings. The van der Waals surface area contributed by atoms with E-state index in [1.54, 1.807) is 0 Å². The van der Waals surface area contributed by atoms with Crippen molar-refractivity contribution in [2.24, 2.45) is 0 Å². The molecule has 0 amide bonds. The van der Waals surface area contributed by atoms with Crippen LogP contribution in [0.4, 0.5) is 8.78 Å². The summed E-state index contributed by atoms with van der Waals surface area (Å²) >= 11 is 7.66. The molecular formula is C12H9ClF2S. The van der Waals surface area contributed by atoms with Gasteiger partial charge in [-0.1, -0.05) is 6.07 Å². The van der Waals surface area contributed by atoms with E-state index in [2.05, 4.69) is 0 Å². The lowest BCUT2D eigenvalue weighted by Gasteiger charge is -2.08. The number of thiophene rings is 1. The summed E-state index contributed by atoms with van der Waals surface area (Å²) in [7, 11) is 0. The molecule has 1 atom stereocenters. The highest BCUT2D eigenvalue weighted by atomic mass is 35.5. The molecule has 1 aromatic carbocycles. The molecule has 0 saturated carbocycles. The molecule has 1 unspecified atom stereocenters.